The van der Waals surface area contributed by atoms with Gasteiger partial charge < -0.3 is 15.7 Å². The number of hydrogen-bond acceptors (Lipinski definition) is 2. The van der Waals surface area contributed by atoms with Crippen LogP contribution in [0.2, 0.25) is 0 Å². The van der Waals surface area contributed by atoms with Crippen LogP contribution >= 0.6 is 0 Å². The largest absolute Gasteiger partial charge is 0.480 e. The number of carbonyl (C=O) groups excluding carboxylic acids is 1. The predicted octanol–water partition coefficient (Wildman–Crippen LogP) is 2.89. The van der Waals surface area contributed by atoms with Crippen molar-refractivity contribution >= 4 is 17.7 Å². The van der Waals surface area contributed by atoms with Crippen molar-refractivity contribution in [3.8, 4) is 0 Å². The lowest BCUT2D eigenvalue weighted by atomic mass is 10.0. The van der Waals surface area contributed by atoms with E-state index >= 15 is 0 Å². The standard InChI is InChI=1S/C14H18F2N2O3/c1-7(2)6-10(13(19)20)17-14(21)18-12-9(15)5-4-8(3)11(12)16/h4-5,7,10H,6H2,1-3H3,(H,19,20)(H2,17,18,21)/t10-/m1/s1. The number of carboxylic acid groups (broad SMARTS) is 1. The van der Waals surface area contributed by atoms with Crippen molar-refractivity contribution in [1.29, 1.82) is 0 Å². The first kappa shape index (κ1) is 16.9. The molecule has 0 heterocycles. The highest BCUT2D eigenvalue weighted by Gasteiger charge is 2.22. The minimum absolute atomic E-state index is 0.0406. The Morgan fingerprint density at radius 1 is 1.29 bits per heavy atom. The van der Waals surface area contributed by atoms with E-state index in [9.17, 15) is 18.4 Å². The molecule has 3 N–H and O–H groups in total. The van der Waals surface area contributed by atoms with Crippen molar-refractivity contribution in [2.24, 2.45) is 5.92 Å². The van der Waals surface area contributed by atoms with E-state index in [0.29, 0.717) is 0 Å². The number of nitrogens with one attached hydrogen (secondary N) is 2. The quantitative estimate of drug-likeness (QED) is 0.782. The van der Waals surface area contributed by atoms with Crippen molar-refractivity contribution in [3.63, 3.8) is 0 Å². The van der Waals surface area contributed by atoms with Crippen molar-refractivity contribution in [2.75, 3.05) is 5.32 Å². The van der Waals surface area contributed by atoms with E-state index in [1.807, 2.05) is 5.32 Å². The lowest BCUT2D eigenvalue weighted by Gasteiger charge is -2.17. The number of aryl methyl sites for hydroxylation is 1. The number of carbonyl (C=O) groups is 2. The van der Waals surface area contributed by atoms with E-state index in [1.165, 1.54) is 13.0 Å². The van der Waals surface area contributed by atoms with Gasteiger partial charge in [-0.3, -0.25) is 0 Å². The fraction of sp³-hybridized carbons (Fsp3) is 0.429. The van der Waals surface area contributed by atoms with Crippen molar-refractivity contribution in [2.45, 2.75) is 33.2 Å². The fourth-order valence-corrected chi connectivity index (χ4v) is 1.77. The third-order valence-corrected chi connectivity index (χ3v) is 2.83. The molecule has 21 heavy (non-hydrogen) atoms. The normalized spacial score (nSPS) is 12.1. The third-order valence-electron chi connectivity index (χ3n) is 2.83. The number of anilines is 1. The van der Waals surface area contributed by atoms with Crippen LogP contribution in [0, 0.1) is 24.5 Å². The summed E-state index contributed by atoms with van der Waals surface area (Å²) in [6.07, 6.45) is 0.210. The van der Waals surface area contributed by atoms with E-state index < -0.39 is 35.4 Å². The monoisotopic (exact) mass is 300 g/mol. The Hall–Kier alpha value is -2.18. The Morgan fingerprint density at radius 3 is 2.43 bits per heavy atom. The van der Waals surface area contributed by atoms with Crippen molar-refractivity contribution in [1.82, 2.24) is 5.32 Å². The van der Waals surface area contributed by atoms with E-state index in [4.69, 9.17) is 5.11 Å². The summed E-state index contributed by atoms with van der Waals surface area (Å²) in [5.41, 5.74) is -0.426. The molecule has 1 rings (SSSR count). The fourth-order valence-electron chi connectivity index (χ4n) is 1.77. The first-order valence-electron chi connectivity index (χ1n) is 6.47. The lowest BCUT2D eigenvalue weighted by molar-refractivity contribution is -0.139. The molecule has 0 saturated heterocycles. The molecule has 0 fully saturated rings. The maximum Gasteiger partial charge on any atom is 0.326 e. The van der Waals surface area contributed by atoms with Gasteiger partial charge in [-0.05, 0) is 30.9 Å². The molecule has 116 valence electrons. The number of rotatable bonds is 5. The molecule has 0 radical (unpaired) electrons. The SMILES string of the molecule is Cc1ccc(F)c(NC(=O)N[C@H](CC(C)C)C(=O)O)c1F. The molecule has 7 heteroatoms. The average Bonchev–Trinajstić information content (AvgIpc) is 2.38. The van der Waals surface area contributed by atoms with Gasteiger partial charge in [0.15, 0.2) is 5.82 Å². The first-order chi connectivity index (χ1) is 9.72. The highest BCUT2D eigenvalue weighted by atomic mass is 19.1. The second-order valence-electron chi connectivity index (χ2n) is 5.17. The summed E-state index contributed by atoms with van der Waals surface area (Å²) in [6, 6.07) is 0.177. The van der Waals surface area contributed by atoms with Gasteiger partial charge in [0.1, 0.15) is 17.5 Å². The summed E-state index contributed by atoms with van der Waals surface area (Å²) in [4.78, 5) is 22.7. The molecule has 0 unspecified atom stereocenters. The molecule has 0 aromatic heterocycles. The molecule has 1 atom stereocenters. The van der Waals surface area contributed by atoms with Crippen LogP contribution in [-0.2, 0) is 4.79 Å². The van der Waals surface area contributed by atoms with Gasteiger partial charge in [0.05, 0.1) is 0 Å². The maximum atomic E-state index is 13.7. The highest BCUT2D eigenvalue weighted by molar-refractivity contribution is 5.92. The van der Waals surface area contributed by atoms with Crippen molar-refractivity contribution in [3.05, 3.63) is 29.3 Å². The summed E-state index contributed by atoms with van der Waals surface area (Å²) in [7, 11) is 0. The Bertz CT molecular complexity index is 547. The second-order valence-corrected chi connectivity index (χ2v) is 5.17. The lowest BCUT2D eigenvalue weighted by Crippen LogP contribution is -2.44. The second kappa shape index (κ2) is 7.01. The van der Waals surface area contributed by atoms with E-state index in [2.05, 4.69) is 5.32 Å². The number of urea groups is 1. The number of aliphatic carboxylic acids is 1. The van der Waals surface area contributed by atoms with Crippen LogP contribution in [0.1, 0.15) is 25.8 Å². The van der Waals surface area contributed by atoms with Crippen LogP contribution in [0.4, 0.5) is 19.3 Å². The molecular formula is C14H18F2N2O3. The van der Waals surface area contributed by atoms with E-state index in [-0.39, 0.29) is 17.9 Å². The van der Waals surface area contributed by atoms with Gasteiger partial charge in [0.2, 0.25) is 0 Å². The van der Waals surface area contributed by atoms with Gasteiger partial charge in [-0.2, -0.15) is 0 Å². The molecule has 0 bridgehead atoms. The number of benzene rings is 1. The Morgan fingerprint density at radius 2 is 1.90 bits per heavy atom. The van der Waals surface area contributed by atoms with Gasteiger partial charge in [0, 0.05) is 0 Å². The van der Waals surface area contributed by atoms with Gasteiger partial charge in [-0.15, -0.1) is 0 Å². The van der Waals surface area contributed by atoms with Gasteiger partial charge in [-0.25, -0.2) is 18.4 Å². The van der Waals surface area contributed by atoms with E-state index in [1.54, 1.807) is 13.8 Å². The molecule has 0 aliphatic rings. The number of carboxylic acids is 1. The van der Waals surface area contributed by atoms with Crippen LogP contribution in [-0.4, -0.2) is 23.1 Å². The van der Waals surface area contributed by atoms with Crippen LogP contribution in [0.5, 0.6) is 0 Å². The zero-order valence-corrected chi connectivity index (χ0v) is 12.0. The number of hydrogen-bond donors (Lipinski definition) is 3. The van der Waals surface area contributed by atoms with Crippen molar-refractivity contribution < 1.29 is 23.5 Å². The van der Waals surface area contributed by atoms with Gasteiger partial charge >= 0.3 is 12.0 Å². The van der Waals surface area contributed by atoms with Gasteiger partial charge in [-0.1, -0.05) is 19.9 Å². The summed E-state index contributed by atoms with van der Waals surface area (Å²) in [5.74, 6) is -2.98. The molecule has 0 spiro atoms. The van der Waals surface area contributed by atoms with Gasteiger partial charge in [0.25, 0.3) is 0 Å². The number of amides is 2. The molecule has 0 aliphatic heterocycles. The Balaban J connectivity index is 2.82. The minimum atomic E-state index is -1.20. The first-order valence-corrected chi connectivity index (χ1v) is 6.47. The molecule has 1 aromatic carbocycles. The third kappa shape index (κ3) is 4.70. The maximum absolute atomic E-state index is 13.7. The summed E-state index contributed by atoms with van der Waals surface area (Å²) < 4.78 is 27.2. The van der Waals surface area contributed by atoms with Crippen LogP contribution < -0.4 is 10.6 Å². The Kier molecular flexibility index (Phi) is 5.63. The smallest absolute Gasteiger partial charge is 0.326 e. The minimum Gasteiger partial charge on any atom is -0.480 e. The molecule has 1 aromatic rings. The average molecular weight is 300 g/mol. The predicted molar refractivity (Wildman–Crippen MR) is 74.1 cm³/mol. The molecule has 2 amide bonds. The zero-order valence-electron chi connectivity index (χ0n) is 12.0. The Labute approximate surface area is 121 Å². The van der Waals surface area contributed by atoms with Crippen LogP contribution in [0.15, 0.2) is 12.1 Å². The molecule has 5 nitrogen and oxygen atoms in total. The highest BCUT2D eigenvalue weighted by Crippen LogP contribution is 2.21. The molecular weight excluding hydrogens is 282 g/mol. The molecule has 0 saturated carbocycles. The molecule has 0 aliphatic carbocycles. The summed E-state index contributed by atoms with van der Waals surface area (Å²) in [6.45, 7) is 5.03. The van der Waals surface area contributed by atoms with Crippen LogP contribution in [0.25, 0.3) is 0 Å². The van der Waals surface area contributed by atoms with E-state index in [0.717, 1.165) is 6.07 Å². The summed E-state index contributed by atoms with van der Waals surface area (Å²) in [5, 5.41) is 13.2. The zero-order chi connectivity index (χ0) is 16.2. The number of halogens is 2. The summed E-state index contributed by atoms with van der Waals surface area (Å²) >= 11 is 0. The van der Waals surface area contributed by atoms with Crippen LogP contribution in [0.3, 0.4) is 0 Å². The topological polar surface area (TPSA) is 78.4 Å².